The minimum Gasteiger partial charge on any atom is -0.325 e. The molecule has 152 valence electrons. The topological polar surface area (TPSA) is 97.2 Å². The molecule has 0 unspecified atom stereocenters. The Balaban J connectivity index is 1.43. The summed E-state index contributed by atoms with van der Waals surface area (Å²) in [5, 5.41) is 7.01. The predicted octanol–water partition coefficient (Wildman–Crippen LogP) is 2.35. The first-order chi connectivity index (χ1) is 14.0. The van der Waals surface area contributed by atoms with Gasteiger partial charge in [0.1, 0.15) is 16.9 Å². The number of sulfonamides is 1. The third-order valence-electron chi connectivity index (χ3n) is 4.72. The highest BCUT2D eigenvalue weighted by molar-refractivity contribution is 7.91. The van der Waals surface area contributed by atoms with E-state index in [1.165, 1.54) is 10.6 Å². The zero-order valence-corrected chi connectivity index (χ0v) is 17.3. The molecule has 3 heterocycles. The maximum Gasteiger partial charge on any atom is 0.252 e. The SMILES string of the molecule is O=C(Cc1ccc(S(=O)(=O)N2CCCC2)s1)Nc1ccccc1Cn1cncn1. The zero-order valence-electron chi connectivity index (χ0n) is 15.7. The van der Waals surface area contributed by atoms with E-state index in [0.717, 1.165) is 29.7 Å². The van der Waals surface area contributed by atoms with E-state index in [-0.39, 0.29) is 12.3 Å². The van der Waals surface area contributed by atoms with E-state index in [4.69, 9.17) is 0 Å². The van der Waals surface area contributed by atoms with Crippen LogP contribution >= 0.6 is 11.3 Å². The second-order valence-corrected chi connectivity index (χ2v) is 10.1. The maximum atomic E-state index is 12.6. The molecule has 2 aromatic heterocycles. The lowest BCUT2D eigenvalue weighted by atomic mass is 10.1. The molecule has 1 fully saturated rings. The molecule has 3 aromatic rings. The molecule has 1 N–H and O–H groups in total. The van der Waals surface area contributed by atoms with Crippen LogP contribution < -0.4 is 5.32 Å². The molecule has 4 rings (SSSR count). The molecular weight excluding hydrogens is 410 g/mol. The zero-order chi connectivity index (χ0) is 20.3. The van der Waals surface area contributed by atoms with Crippen molar-refractivity contribution in [1.82, 2.24) is 19.1 Å². The van der Waals surface area contributed by atoms with Gasteiger partial charge in [-0.15, -0.1) is 11.3 Å². The minimum atomic E-state index is -3.44. The van der Waals surface area contributed by atoms with Gasteiger partial charge < -0.3 is 5.32 Å². The van der Waals surface area contributed by atoms with Crippen LogP contribution in [-0.2, 0) is 27.8 Å². The average molecular weight is 432 g/mol. The van der Waals surface area contributed by atoms with Crippen LogP contribution in [0.15, 0.2) is 53.3 Å². The van der Waals surface area contributed by atoms with Gasteiger partial charge in [0.2, 0.25) is 5.91 Å². The van der Waals surface area contributed by atoms with Crippen LogP contribution in [0.3, 0.4) is 0 Å². The summed E-state index contributed by atoms with van der Waals surface area (Å²) in [6.07, 6.45) is 5.00. The summed E-state index contributed by atoms with van der Waals surface area (Å²) in [7, 11) is -3.44. The third kappa shape index (κ3) is 4.55. The van der Waals surface area contributed by atoms with Gasteiger partial charge in [-0.3, -0.25) is 4.79 Å². The van der Waals surface area contributed by atoms with Crippen LogP contribution in [0.2, 0.25) is 0 Å². The van der Waals surface area contributed by atoms with Crippen molar-refractivity contribution in [3.8, 4) is 0 Å². The molecule has 0 radical (unpaired) electrons. The second kappa shape index (κ2) is 8.44. The van der Waals surface area contributed by atoms with Crippen LogP contribution in [0, 0.1) is 0 Å². The predicted molar refractivity (Wildman–Crippen MR) is 110 cm³/mol. The molecule has 0 atom stereocenters. The highest BCUT2D eigenvalue weighted by atomic mass is 32.2. The van der Waals surface area contributed by atoms with Gasteiger partial charge in [-0.05, 0) is 36.6 Å². The van der Waals surface area contributed by atoms with E-state index >= 15 is 0 Å². The standard InChI is InChI=1S/C19H21N5O3S2/c25-18(22-17-6-2-1-5-15(17)12-23-14-20-13-21-23)11-16-7-8-19(28-16)29(26,27)24-9-3-4-10-24/h1-2,5-8,13-14H,3-4,9-12H2,(H,22,25). The van der Waals surface area contributed by atoms with Gasteiger partial charge in [-0.2, -0.15) is 9.40 Å². The number of benzene rings is 1. The van der Waals surface area contributed by atoms with E-state index < -0.39 is 10.0 Å². The van der Waals surface area contributed by atoms with Gasteiger partial charge in [0, 0.05) is 23.7 Å². The van der Waals surface area contributed by atoms with Crippen LogP contribution in [0.25, 0.3) is 0 Å². The second-order valence-electron chi connectivity index (χ2n) is 6.81. The number of aromatic nitrogens is 3. The maximum absolute atomic E-state index is 12.6. The fraction of sp³-hybridized carbons (Fsp3) is 0.316. The molecule has 1 saturated heterocycles. The fourth-order valence-electron chi connectivity index (χ4n) is 3.27. The summed E-state index contributed by atoms with van der Waals surface area (Å²) >= 11 is 1.16. The molecule has 8 nitrogen and oxygen atoms in total. The molecule has 0 aliphatic carbocycles. The molecule has 1 aromatic carbocycles. The Kier molecular flexibility index (Phi) is 5.74. The molecule has 1 aliphatic rings. The Hall–Kier alpha value is -2.56. The van der Waals surface area contributed by atoms with Crippen molar-refractivity contribution in [2.45, 2.75) is 30.0 Å². The minimum absolute atomic E-state index is 0.123. The van der Waals surface area contributed by atoms with E-state index in [0.29, 0.717) is 34.4 Å². The smallest absolute Gasteiger partial charge is 0.252 e. The van der Waals surface area contributed by atoms with Crippen LogP contribution in [0.5, 0.6) is 0 Å². The summed E-state index contributed by atoms with van der Waals surface area (Å²) in [5.74, 6) is -0.192. The van der Waals surface area contributed by atoms with Gasteiger partial charge in [-0.1, -0.05) is 18.2 Å². The van der Waals surface area contributed by atoms with Gasteiger partial charge in [0.25, 0.3) is 10.0 Å². The monoisotopic (exact) mass is 431 g/mol. The molecule has 1 amide bonds. The largest absolute Gasteiger partial charge is 0.325 e. The first kappa shape index (κ1) is 19.7. The number of amides is 1. The van der Waals surface area contributed by atoms with Gasteiger partial charge in [0.15, 0.2) is 0 Å². The summed E-state index contributed by atoms with van der Waals surface area (Å²) in [6.45, 7) is 1.63. The molecule has 10 heteroatoms. The molecule has 1 aliphatic heterocycles. The number of rotatable bonds is 7. The normalized spacial score (nSPS) is 14.9. The number of nitrogens with zero attached hydrogens (tertiary/aromatic N) is 4. The van der Waals surface area contributed by atoms with Crippen molar-refractivity contribution in [2.75, 3.05) is 18.4 Å². The number of anilines is 1. The van der Waals surface area contributed by atoms with Crippen molar-refractivity contribution in [3.05, 3.63) is 59.5 Å². The third-order valence-corrected chi connectivity index (χ3v) is 8.17. The van der Waals surface area contributed by atoms with Crippen LogP contribution in [0.4, 0.5) is 5.69 Å². The van der Waals surface area contributed by atoms with E-state index in [2.05, 4.69) is 15.4 Å². The average Bonchev–Trinajstić information content (AvgIpc) is 3.46. The van der Waals surface area contributed by atoms with Crippen molar-refractivity contribution >= 4 is 33.0 Å². The number of hydrogen-bond donors (Lipinski definition) is 1. The van der Waals surface area contributed by atoms with E-state index in [1.54, 1.807) is 23.1 Å². The Morgan fingerprint density at radius 2 is 1.93 bits per heavy atom. The first-order valence-electron chi connectivity index (χ1n) is 9.31. The van der Waals surface area contributed by atoms with Gasteiger partial charge >= 0.3 is 0 Å². The van der Waals surface area contributed by atoms with Gasteiger partial charge in [0.05, 0.1) is 13.0 Å². The number of thiophene rings is 1. The Morgan fingerprint density at radius 3 is 2.69 bits per heavy atom. The summed E-state index contributed by atoms with van der Waals surface area (Å²) < 4.78 is 28.8. The number of nitrogens with one attached hydrogen (secondary N) is 1. The summed E-state index contributed by atoms with van der Waals surface area (Å²) in [5.41, 5.74) is 1.62. The molecule has 29 heavy (non-hydrogen) atoms. The Labute approximate surface area is 173 Å². The van der Waals surface area contributed by atoms with E-state index in [9.17, 15) is 13.2 Å². The lowest BCUT2D eigenvalue weighted by Gasteiger charge is -2.13. The van der Waals surface area contributed by atoms with Gasteiger partial charge in [-0.25, -0.2) is 18.1 Å². The Bertz CT molecular complexity index is 1090. The Morgan fingerprint density at radius 1 is 1.14 bits per heavy atom. The van der Waals surface area contributed by atoms with Crippen molar-refractivity contribution in [1.29, 1.82) is 0 Å². The first-order valence-corrected chi connectivity index (χ1v) is 11.6. The highest BCUT2D eigenvalue weighted by Gasteiger charge is 2.28. The number of carbonyl (C=O) groups excluding carboxylic acids is 1. The van der Waals surface area contributed by atoms with Crippen LogP contribution in [-0.4, -0.2) is 46.5 Å². The summed E-state index contributed by atoms with van der Waals surface area (Å²) in [4.78, 5) is 17.2. The number of hydrogen-bond acceptors (Lipinski definition) is 6. The van der Waals surface area contributed by atoms with E-state index in [1.807, 2.05) is 24.3 Å². The lowest BCUT2D eigenvalue weighted by Crippen LogP contribution is -2.27. The van der Waals surface area contributed by atoms with Crippen molar-refractivity contribution in [2.24, 2.45) is 0 Å². The van der Waals surface area contributed by atoms with Crippen molar-refractivity contribution < 1.29 is 13.2 Å². The highest BCUT2D eigenvalue weighted by Crippen LogP contribution is 2.28. The van der Waals surface area contributed by atoms with Crippen molar-refractivity contribution in [3.63, 3.8) is 0 Å². The lowest BCUT2D eigenvalue weighted by molar-refractivity contribution is -0.115. The molecule has 0 bridgehead atoms. The number of carbonyl (C=O) groups is 1. The van der Waals surface area contributed by atoms with Crippen LogP contribution in [0.1, 0.15) is 23.3 Å². The molecular formula is C19H21N5O3S2. The quantitative estimate of drug-likeness (QED) is 0.619. The molecule has 0 spiro atoms. The number of para-hydroxylation sites is 1. The summed E-state index contributed by atoms with van der Waals surface area (Å²) in [6, 6.07) is 10.8. The molecule has 0 saturated carbocycles. The fourth-order valence-corrected chi connectivity index (χ4v) is 6.30.